The van der Waals surface area contributed by atoms with E-state index in [2.05, 4.69) is 20.8 Å². The predicted octanol–water partition coefficient (Wildman–Crippen LogP) is 6.36. The van der Waals surface area contributed by atoms with Crippen LogP contribution in [-0.2, 0) is 13.5 Å². The number of hydrogen-bond donors (Lipinski definition) is 0. The molecule has 1 aliphatic rings. The lowest BCUT2D eigenvalue weighted by molar-refractivity contribution is 0.341. The molecular formula is C28H30N6O. The zero-order valence-electron chi connectivity index (χ0n) is 20.9. The lowest BCUT2D eigenvalue weighted by atomic mass is 9.93. The Bertz CT molecular complexity index is 1430. The van der Waals surface area contributed by atoms with E-state index in [0.717, 1.165) is 69.4 Å². The highest BCUT2D eigenvalue weighted by Crippen LogP contribution is 2.38. The van der Waals surface area contributed by atoms with Crippen molar-refractivity contribution in [2.75, 3.05) is 6.61 Å². The summed E-state index contributed by atoms with van der Waals surface area (Å²) in [6.45, 7) is 8.81. The first kappa shape index (κ1) is 22.9. The van der Waals surface area contributed by atoms with Crippen LogP contribution in [0.3, 0.4) is 0 Å². The quantitative estimate of drug-likeness (QED) is 0.331. The second kappa shape index (κ2) is 9.41. The molecule has 4 aromatic rings. The maximum atomic E-state index is 5.93. The summed E-state index contributed by atoms with van der Waals surface area (Å²) in [6, 6.07) is 15.9. The number of benzene rings is 2. The van der Waals surface area contributed by atoms with Gasteiger partial charge in [0, 0.05) is 18.5 Å². The summed E-state index contributed by atoms with van der Waals surface area (Å²) in [7, 11) is 1.96. The molecule has 5 rings (SSSR count). The highest BCUT2D eigenvalue weighted by molar-refractivity contribution is 6.14. The number of para-hydroxylation sites is 3. The fraction of sp³-hybridized carbons (Fsp3) is 0.321. The summed E-state index contributed by atoms with van der Waals surface area (Å²) < 4.78 is 7.84. The van der Waals surface area contributed by atoms with Crippen LogP contribution >= 0.6 is 0 Å². The van der Waals surface area contributed by atoms with Crippen LogP contribution in [0, 0.1) is 0 Å². The SMILES string of the molecule is CCCc1nn(C)c2c(C3C(C)=Nc4ccccc4N=C3C)nc(-c3ccccc3OCC)nc12. The predicted molar refractivity (Wildman–Crippen MR) is 142 cm³/mol. The normalized spacial score (nSPS) is 13.9. The lowest BCUT2D eigenvalue weighted by Crippen LogP contribution is -2.20. The van der Waals surface area contributed by atoms with Crippen molar-refractivity contribution >= 4 is 33.8 Å². The van der Waals surface area contributed by atoms with Crippen molar-refractivity contribution in [1.29, 1.82) is 0 Å². The lowest BCUT2D eigenvalue weighted by Gasteiger charge is -2.18. The Hall–Kier alpha value is -3.87. The van der Waals surface area contributed by atoms with Crippen LogP contribution in [0.2, 0.25) is 0 Å². The Balaban J connectivity index is 1.80. The second-order valence-electron chi connectivity index (χ2n) is 8.81. The molecule has 178 valence electrons. The van der Waals surface area contributed by atoms with E-state index >= 15 is 0 Å². The van der Waals surface area contributed by atoms with Gasteiger partial charge in [-0.05, 0) is 51.5 Å². The average Bonchev–Trinajstić information content (AvgIpc) is 3.09. The van der Waals surface area contributed by atoms with Gasteiger partial charge >= 0.3 is 0 Å². The molecule has 0 N–H and O–H groups in total. The zero-order chi connectivity index (χ0) is 24.5. The second-order valence-corrected chi connectivity index (χ2v) is 8.81. The molecule has 0 saturated heterocycles. The Kier molecular flexibility index (Phi) is 6.16. The maximum absolute atomic E-state index is 5.93. The third-order valence-corrected chi connectivity index (χ3v) is 6.28. The van der Waals surface area contributed by atoms with Gasteiger partial charge in [-0.1, -0.05) is 37.6 Å². The van der Waals surface area contributed by atoms with Crippen LogP contribution in [-0.4, -0.2) is 37.8 Å². The number of aryl methyl sites for hydroxylation is 2. The molecule has 0 aliphatic carbocycles. The van der Waals surface area contributed by atoms with Gasteiger partial charge in [-0.3, -0.25) is 14.7 Å². The van der Waals surface area contributed by atoms with E-state index in [0.29, 0.717) is 12.4 Å². The number of nitrogens with zero attached hydrogens (tertiary/aromatic N) is 6. The van der Waals surface area contributed by atoms with E-state index in [4.69, 9.17) is 29.8 Å². The molecule has 7 nitrogen and oxygen atoms in total. The van der Waals surface area contributed by atoms with Gasteiger partial charge in [0.1, 0.15) is 16.8 Å². The van der Waals surface area contributed by atoms with Gasteiger partial charge in [0.05, 0.1) is 40.9 Å². The van der Waals surface area contributed by atoms with Gasteiger partial charge in [-0.25, -0.2) is 9.97 Å². The molecule has 0 spiro atoms. The molecule has 3 heterocycles. The average molecular weight is 467 g/mol. The molecule has 0 fully saturated rings. The smallest absolute Gasteiger partial charge is 0.164 e. The molecule has 7 heteroatoms. The number of rotatable bonds is 6. The van der Waals surface area contributed by atoms with Crippen LogP contribution in [0.15, 0.2) is 58.5 Å². The molecule has 1 aliphatic heterocycles. The van der Waals surface area contributed by atoms with Crippen LogP contribution in [0.5, 0.6) is 5.75 Å². The number of fused-ring (bicyclic) bond motifs is 2. The van der Waals surface area contributed by atoms with Crippen molar-refractivity contribution in [3.05, 3.63) is 59.9 Å². The van der Waals surface area contributed by atoms with Crippen LogP contribution in [0.1, 0.15) is 51.4 Å². The van der Waals surface area contributed by atoms with E-state index in [1.807, 2.05) is 67.2 Å². The van der Waals surface area contributed by atoms with Crippen molar-refractivity contribution in [1.82, 2.24) is 19.7 Å². The molecule has 0 amide bonds. The standard InChI is InChI=1S/C28H30N6O/c1-6-12-22-25-27(34(5)33-22)26(32-28(31-25)19-13-8-11-16-23(19)35-7-2)24-17(3)29-20-14-9-10-15-21(20)30-18(24)4/h8-11,13-16,24H,6-7,12H2,1-5H3. The van der Waals surface area contributed by atoms with Gasteiger partial charge in [-0.2, -0.15) is 5.10 Å². The maximum Gasteiger partial charge on any atom is 0.164 e. The Morgan fingerprint density at radius 1 is 0.886 bits per heavy atom. The Morgan fingerprint density at radius 2 is 1.54 bits per heavy atom. The Labute approximate surface area is 205 Å². The monoisotopic (exact) mass is 466 g/mol. The number of hydrogen-bond acceptors (Lipinski definition) is 6. The first-order valence-corrected chi connectivity index (χ1v) is 12.2. The van der Waals surface area contributed by atoms with Crippen molar-refractivity contribution < 1.29 is 4.74 Å². The van der Waals surface area contributed by atoms with E-state index in [1.54, 1.807) is 0 Å². The van der Waals surface area contributed by atoms with Crippen LogP contribution in [0.25, 0.3) is 22.4 Å². The van der Waals surface area contributed by atoms with Gasteiger partial charge in [0.15, 0.2) is 5.82 Å². The minimum absolute atomic E-state index is 0.198. The zero-order valence-corrected chi connectivity index (χ0v) is 20.9. The molecular weight excluding hydrogens is 436 g/mol. The van der Waals surface area contributed by atoms with Crippen molar-refractivity contribution in [3.8, 4) is 17.1 Å². The summed E-state index contributed by atoms with van der Waals surface area (Å²) in [6.07, 6.45) is 1.83. The number of ether oxygens (including phenoxy) is 1. The van der Waals surface area contributed by atoms with Gasteiger partial charge in [0.2, 0.25) is 0 Å². The molecule has 2 aromatic heterocycles. The molecule has 0 saturated carbocycles. The van der Waals surface area contributed by atoms with Crippen molar-refractivity contribution in [2.45, 2.75) is 46.5 Å². The fourth-order valence-corrected chi connectivity index (χ4v) is 4.79. The van der Waals surface area contributed by atoms with Crippen LogP contribution < -0.4 is 4.74 Å². The first-order valence-electron chi connectivity index (χ1n) is 12.2. The fourth-order valence-electron chi connectivity index (χ4n) is 4.79. The van der Waals surface area contributed by atoms with Crippen molar-refractivity contribution in [3.63, 3.8) is 0 Å². The summed E-state index contributed by atoms with van der Waals surface area (Å²) in [5.74, 6) is 1.20. The summed E-state index contributed by atoms with van der Waals surface area (Å²) in [4.78, 5) is 20.1. The highest BCUT2D eigenvalue weighted by Gasteiger charge is 2.29. The van der Waals surface area contributed by atoms with E-state index in [1.165, 1.54) is 0 Å². The molecule has 2 aromatic carbocycles. The molecule has 35 heavy (non-hydrogen) atoms. The van der Waals surface area contributed by atoms with Gasteiger partial charge in [0.25, 0.3) is 0 Å². The van der Waals surface area contributed by atoms with E-state index in [-0.39, 0.29) is 5.92 Å². The summed E-state index contributed by atoms with van der Waals surface area (Å²) in [5, 5.41) is 4.84. The molecule has 0 radical (unpaired) electrons. The van der Waals surface area contributed by atoms with E-state index < -0.39 is 0 Å². The minimum atomic E-state index is -0.198. The third kappa shape index (κ3) is 4.11. The summed E-state index contributed by atoms with van der Waals surface area (Å²) >= 11 is 0. The van der Waals surface area contributed by atoms with E-state index in [9.17, 15) is 0 Å². The topological polar surface area (TPSA) is 77.5 Å². The largest absolute Gasteiger partial charge is 0.493 e. The van der Waals surface area contributed by atoms with Crippen molar-refractivity contribution in [2.24, 2.45) is 17.0 Å². The molecule has 0 unspecified atom stereocenters. The van der Waals surface area contributed by atoms with Crippen LogP contribution in [0.4, 0.5) is 11.4 Å². The third-order valence-electron chi connectivity index (χ3n) is 6.28. The molecule has 0 bridgehead atoms. The number of aromatic nitrogens is 4. The summed E-state index contributed by atoms with van der Waals surface area (Å²) in [5.41, 5.74) is 8.14. The molecule has 0 atom stereocenters. The van der Waals surface area contributed by atoms with Gasteiger partial charge in [-0.15, -0.1) is 0 Å². The Morgan fingerprint density at radius 3 is 2.20 bits per heavy atom. The minimum Gasteiger partial charge on any atom is -0.493 e. The highest BCUT2D eigenvalue weighted by atomic mass is 16.5. The first-order chi connectivity index (χ1) is 17.0. The van der Waals surface area contributed by atoms with Gasteiger partial charge < -0.3 is 4.74 Å². The number of aliphatic imine (C=N–C) groups is 2.